The molecule has 17 heavy (non-hydrogen) atoms. The van der Waals surface area contributed by atoms with Gasteiger partial charge < -0.3 is 10.1 Å². The molecular formula is C14H22N2O. The van der Waals surface area contributed by atoms with Crippen molar-refractivity contribution in [2.45, 2.75) is 44.8 Å². The first-order valence-electron chi connectivity index (χ1n) is 6.43. The summed E-state index contributed by atoms with van der Waals surface area (Å²) in [5.41, 5.74) is 1.41. The Kier molecular flexibility index (Phi) is 4.13. The molecule has 0 aliphatic carbocycles. The van der Waals surface area contributed by atoms with Crippen LogP contribution in [0.25, 0.3) is 0 Å². The van der Waals surface area contributed by atoms with E-state index >= 15 is 0 Å². The van der Waals surface area contributed by atoms with Crippen LogP contribution < -0.4 is 5.32 Å². The lowest BCUT2D eigenvalue weighted by Crippen LogP contribution is -2.30. The monoisotopic (exact) mass is 234 g/mol. The molecule has 3 nitrogen and oxygen atoms in total. The van der Waals surface area contributed by atoms with Crippen molar-refractivity contribution in [2.24, 2.45) is 0 Å². The first-order valence-corrected chi connectivity index (χ1v) is 6.43. The maximum absolute atomic E-state index is 5.93. The fraction of sp³-hybridized carbons (Fsp3) is 0.643. The van der Waals surface area contributed by atoms with Crippen molar-refractivity contribution < 1.29 is 4.74 Å². The number of hydrogen-bond donors (Lipinski definition) is 1. The molecule has 0 bridgehead atoms. The largest absolute Gasteiger partial charge is 0.371 e. The molecule has 3 heteroatoms. The van der Waals surface area contributed by atoms with Crippen molar-refractivity contribution in [3.8, 4) is 0 Å². The molecule has 1 unspecified atom stereocenters. The lowest BCUT2D eigenvalue weighted by atomic mass is 10.1. The third-order valence-corrected chi connectivity index (χ3v) is 3.27. The zero-order valence-electron chi connectivity index (χ0n) is 10.8. The molecule has 1 aliphatic heterocycles. The summed E-state index contributed by atoms with van der Waals surface area (Å²) in [5.74, 6) is 0. The van der Waals surface area contributed by atoms with Gasteiger partial charge in [0, 0.05) is 18.9 Å². The van der Waals surface area contributed by atoms with E-state index in [1.54, 1.807) is 0 Å². The number of rotatable bonds is 5. The maximum atomic E-state index is 5.93. The van der Waals surface area contributed by atoms with Crippen LogP contribution in [-0.2, 0) is 11.2 Å². The smallest absolute Gasteiger partial charge is 0.0707 e. The highest BCUT2D eigenvalue weighted by molar-refractivity contribution is 5.09. The Balaban J connectivity index is 1.61. The van der Waals surface area contributed by atoms with Crippen LogP contribution in [0.5, 0.6) is 0 Å². The predicted molar refractivity (Wildman–Crippen MR) is 69.0 cm³/mol. The molecule has 2 heterocycles. The molecule has 1 N–H and O–H groups in total. The molecule has 2 rings (SSSR count). The lowest BCUT2D eigenvalue weighted by molar-refractivity contribution is -0.0140. The van der Waals surface area contributed by atoms with E-state index in [1.165, 1.54) is 18.4 Å². The second kappa shape index (κ2) is 5.61. The van der Waals surface area contributed by atoms with Crippen LogP contribution in [0.1, 0.15) is 32.3 Å². The van der Waals surface area contributed by atoms with Gasteiger partial charge in [0.15, 0.2) is 0 Å². The Hall–Kier alpha value is -0.930. The quantitative estimate of drug-likeness (QED) is 0.793. The van der Waals surface area contributed by atoms with Crippen molar-refractivity contribution in [3.05, 3.63) is 30.1 Å². The minimum absolute atomic E-state index is 0.0808. The Morgan fingerprint density at radius 3 is 2.82 bits per heavy atom. The minimum atomic E-state index is 0.0808. The molecule has 1 fully saturated rings. The molecule has 0 aromatic carbocycles. The van der Waals surface area contributed by atoms with Crippen LogP contribution >= 0.6 is 0 Å². The van der Waals surface area contributed by atoms with Gasteiger partial charge in [-0.1, -0.05) is 0 Å². The Bertz CT molecular complexity index is 337. The number of aromatic nitrogens is 1. The molecule has 1 aromatic rings. The summed E-state index contributed by atoms with van der Waals surface area (Å²) in [6, 6.07) is 4.13. The third kappa shape index (κ3) is 4.10. The second-order valence-corrected chi connectivity index (χ2v) is 5.35. The van der Waals surface area contributed by atoms with E-state index < -0.39 is 0 Å². The fourth-order valence-corrected chi connectivity index (χ4v) is 2.27. The number of pyridine rings is 1. The van der Waals surface area contributed by atoms with Crippen LogP contribution in [0.3, 0.4) is 0 Å². The van der Waals surface area contributed by atoms with Gasteiger partial charge >= 0.3 is 0 Å². The molecular weight excluding hydrogens is 212 g/mol. The molecule has 0 radical (unpaired) electrons. The van der Waals surface area contributed by atoms with E-state index in [0.29, 0.717) is 6.10 Å². The van der Waals surface area contributed by atoms with E-state index in [4.69, 9.17) is 4.74 Å². The van der Waals surface area contributed by atoms with Gasteiger partial charge in [0.25, 0.3) is 0 Å². The Labute approximate surface area is 104 Å². The second-order valence-electron chi connectivity index (χ2n) is 5.35. The van der Waals surface area contributed by atoms with E-state index in [9.17, 15) is 0 Å². The van der Waals surface area contributed by atoms with E-state index in [1.807, 2.05) is 12.4 Å². The summed E-state index contributed by atoms with van der Waals surface area (Å²) in [6.07, 6.45) is 7.48. The van der Waals surface area contributed by atoms with Crippen molar-refractivity contribution in [1.82, 2.24) is 10.3 Å². The number of ether oxygens (including phenoxy) is 1. The molecule has 0 spiro atoms. The van der Waals surface area contributed by atoms with E-state index in [2.05, 4.69) is 36.3 Å². The van der Waals surface area contributed by atoms with E-state index in [0.717, 1.165) is 19.5 Å². The summed E-state index contributed by atoms with van der Waals surface area (Å²) in [7, 11) is 0. The number of hydrogen-bond acceptors (Lipinski definition) is 3. The highest BCUT2D eigenvalue weighted by Gasteiger charge is 2.30. The van der Waals surface area contributed by atoms with Crippen LogP contribution in [0.15, 0.2) is 24.5 Å². The van der Waals surface area contributed by atoms with Crippen molar-refractivity contribution >= 4 is 0 Å². The van der Waals surface area contributed by atoms with Gasteiger partial charge in [0.05, 0.1) is 11.7 Å². The number of nitrogens with zero attached hydrogens (tertiary/aromatic N) is 1. The summed E-state index contributed by atoms with van der Waals surface area (Å²) < 4.78 is 5.93. The van der Waals surface area contributed by atoms with Gasteiger partial charge in [0.2, 0.25) is 0 Å². The van der Waals surface area contributed by atoms with Crippen LogP contribution in [0.2, 0.25) is 0 Å². The summed E-state index contributed by atoms with van der Waals surface area (Å²) in [5, 5.41) is 3.47. The maximum Gasteiger partial charge on any atom is 0.0707 e. The zero-order valence-corrected chi connectivity index (χ0v) is 10.8. The average Bonchev–Trinajstić information content (AvgIpc) is 2.66. The standard InChI is InChI=1S/C14H22N2O/c1-14(2)7-3-13(17-14)11-16-10-6-12-4-8-15-9-5-12/h4-5,8-9,13,16H,3,6-7,10-11H2,1-2H3. The van der Waals surface area contributed by atoms with Gasteiger partial charge in [-0.25, -0.2) is 0 Å². The molecule has 0 amide bonds. The highest BCUT2D eigenvalue weighted by Crippen LogP contribution is 2.28. The van der Waals surface area contributed by atoms with Crippen LogP contribution in [-0.4, -0.2) is 29.8 Å². The minimum Gasteiger partial charge on any atom is -0.371 e. The topological polar surface area (TPSA) is 34.2 Å². The SMILES string of the molecule is CC1(C)CCC(CNCCc2ccncc2)O1. The predicted octanol–water partition coefficient (Wildman–Crippen LogP) is 2.17. The normalized spacial score (nSPS) is 22.8. The lowest BCUT2D eigenvalue weighted by Gasteiger charge is -2.19. The van der Waals surface area contributed by atoms with Gasteiger partial charge in [-0.05, 0) is 57.4 Å². The van der Waals surface area contributed by atoms with Crippen molar-refractivity contribution in [2.75, 3.05) is 13.1 Å². The first kappa shape index (κ1) is 12.5. The van der Waals surface area contributed by atoms with Gasteiger partial charge in [-0.2, -0.15) is 0 Å². The Morgan fingerprint density at radius 2 is 2.18 bits per heavy atom. The molecule has 94 valence electrons. The van der Waals surface area contributed by atoms with E-state index in [-0.39, 0.29) is 5.60 Å². The molecule has 0 saturated carbocycles. The molecule has 1 aliphatic rings. The highest BCUT2D eigenvalue weighted by atomic mass is 16.5. The Morgan fingerprint density at radius 1 is 1.41 bits per heavy atom. The third-order valence-electron chi connectivity index (χ3n) is 3.27. The number of nitrogens with one attached hydrogen (secondary N) is 1. The average molecular weight is 234 g/mol. The summed E-state index contributed by atoms with van der Waals surface area (Å²) >= 11 is 0. The van der Waals surface area contributed by atoms with Gasteiger partial charge in [0.1, 0.15) is 0 Å². The van der Waals surface area contributed by atoms with Crippen molar-refractivity contribution in [3.63, 3.8) is 0 Å². The zero-order chi connectivity index (χ0) is 12.1. The first-order chi connectivity index (χ1) is 8.16. The molecule has 1 aromatic heterocycles. The summed E-state index contributed by atoms with van der Waals surface area (Å²) in [6.45, 7) is 6.31. The van der Waals surface area contributed by atoms with Crippen LogP contribution in [0.4, 0.5) is 0 Å². The van der Waals surface area contributed by atoms with Gasteiger partial charge in [-0.3, -0.25) is 4.98 Å². The molecule has 1 saturated heterocycles. The molecule has 1 atom stereocenters. The van der Waals surface area contributed by atoms with Crippen molar-refractivity contribution in [1.29, 1.82) is 0 Å². The fourth-order valence-electron chi connectivity index (χ4n) is 2.27. The van der Waals surface area contributed by atoms with Gasteiger partial charge in [-0.15, -0.1) is 0 Å². The van der Waals surface area contributed by atoms with Crippen LogP contribution in [0, 0.1) is 0 Å². The summed E-state index contributed by atoms with van der Waals surface area (Å²) in [4.78, 5) is 4.01.